The third kappa shape index (κ3) is 3.04. The number of hydrogen-bond donors (Lipinski definition) is 2. The second-order valence-electron chi connectivity index (χ2n) is 5.85. The Kier molecular flexibility index (Phi) is 3.99. The lowest BCUT2D eigenvalue weighted by molar-refractivity contribution is 0.0543. The highest BCUT2D eigenvalue weighted by molar-refractivity contribution is 7.17. The summed E-state index contributed by atoms with van der Waals surface area (Å²) in [4.78, 5) is 4.46. The summed E-state index contributed by atoms with van der Waals surface area (Å²) in [5.41, 5.74) is 2.00. The Morgan fingerprint density at radius 2 is 2.27 bits per heavy atom. The first-order valence-electron chi connectivity index (χ1n) is 7.24. The van der Waals surface area contributed by atoms with Gasteiger partial charge in [-0.3, -0.25) is 9.67 Å². The van der Waals surface area contributed by atoms with Crippen molar-refractivity contribution >= 4 is 21.6 Å². The largest absolute Gasteiger partial charge is 0.384 e. The Labute approximate surface area is 133 Å². The molecule has 0 saturated heterocycles. The van der Waals surface area contributed by atoms with E-state index in [1.54, 1.807) is 29.1 Å². The van der Waals surface area contributed by atoms with Crippen LogP contribution in [0.5, 0.6) is 0 Å². The summed E-state index contributed by atoms with van der Waals surface area (Å²) in [5, 5.41) is 20.2. The standard InChI is InChI=1S/C16H20N4OS/c1-11(12-6-15-14(17-7-12)4-5-22-15)18-10-16(2,21)13-8-19-20(3)9-13/h4-9,11,18,21H,10H2,1-3H3. The van der Waals surface area contributed by atoms with E-state index in [-0.39, 0.29) is 6.04 Å². The molecule has 3 heterocycles. The number of fused-ring (bicyclic) bond motifs is 1. The Morgan fingerprint density at radius 3 is 3.00 bits per heavy atom. The average molecular weight is 316 g/mol. The number of aliphatic hydroxyl groups is 1. The molecule has 0 aliphatic heterocycles. The van der Waals surface area contributed by atoms with Crippen molar-refractivity contribution in [2.75, 3.05) is 6.54 Å². The molecule has 5 nitrogen and oxygen atoms in total. The van der Waals surface area contributed by atoms with Crippen LogP contribution in [0.3, 0.4) is 0 Å². The molecular formula is C16H20N4OS. The van der Waals surface area contributed by atoms with Crippen LogP contribution >= 0.6 is 11.3 Å². The van der Waals surface area contributed by atoms with Crippen LogP contribution in [0.2, 0.25) is 0 Å². The molecule has 0 radical (unpaired) electrons. The van der Waals surface area contributed by atoms with Gasteiger partial charge in [-0.2, -0.15) is 5.10 Å². The van der Waals surface area contributed by atoms with Gasteiger partial charge in [0.2, 0.25) is 0 Å². The van der Waals surface area contributed by atoms with Crippen molar-refractivity contribution in [1.82, 2.24) is 20.1 Å². The highest BCUT2D eigenvalue weighted by atomic mass is 32.1. The van der Waals surface area contributed by atoms with E-state index in [4.69, 9.17) is 0 Å². The second kappa shape index (κ2) is 5.79. The van der Waals surface area contributed by atoms with Gasteiger partial charge in [0.05, 0.1) is 16.4 Å². The molecule has 0 spiro atoms. The number of rotatable bonds is 5. The van der Waals surface area contributed by atoms with Gasteiger partial charge in [-0.25, -0.2) is 0 Å². The zero-order valence-electron chi connectivity index (χ0n) is 12.9. The van der Waals surface area contributed by atoms with Crippen molar-refractivity contribution in [3.8, 4) is 0 Å². The van der Waals surface area contributed by atoms with Crippen molar-refractivity contribution in [2.45, 2.75) is 25.5 Å². The monoisotopic (exact) mass is 316 g/mol. The highest BCUT2D eigenvalue weighted by Gasteiger charge is 2.25. The quantitative estimate of drug-likeness (QED) is 0.759. The lowest BCUT2D eigenvalue weighted by atomic mass is 9.99. The van der Waals surface area contributed by atoms with Gasteiger partial charge in [-0.05, 0) is 36.9 Å². The third-order valence-electron chi connectivity index (χ3n) is 3.90. The van der Waals surface area contributed by atoms with E-state index in [9.17, 15) is 5.11 Å². The molecule has 6 heteroatoms. The fourth-order valence-corrected chi connectivity index (χ4v) is 3.16. The minimum atomic E-state index is -0.955. The fraction of sp³-hybridized carbons (Fsp3) is 0.375. The predicted octanol–water partition coefficient (Wildman–Crippen LogP) is 2.59. The SMILES string of the molecule is CC(NCC(C)(O)c1cnn(C)c1)c1cnc2ccsc2c1. The lowest BCUT2D eigenvalue weighted by Gasteiger charge is -2.25. The van der Waals surface area contributed by atoms with Crippen LogP contribution < -0.4 is 5.32 Å². The maximum absolute atomic E-state index is 10.6. The smallest absolute Gasteiger partial charge is 0.102 e. The van der Waals surface area contributed by atoms with Crippen molar-refractivity contribution in [2.24, 2.45) is 7.05 Å². The molecule has 2 N–H and O–H groups in total. The molecular weight excluding hydrogens is 296 g/mol. The predicted molar refractivity (Wildman–Crippen MR) is 88.8 cm³/mol. The first kappa shape index (κ1) is 15.1. The summed E-state index contributed by atoms with van der Waals surface area (Å²) in [6.45, 7) is 4.32. The molecule has 3 rings (SSSR count). The molecule has 116 valence electrons. The van der Waals surface area contributed by atoms with E-state index in [0.717, 1.165) is 16.6 Å². The van der Waals surface area contributed by atoms with Gasteiger partial charge in [-0.15, -0.1) is 11.3 Å². The molecule has 0 amide bonds. The average Bonchev–Trinajstić information content (AvgIpc) is 3.12. The van der Waals surface area contributed by atoms with Crippen LogP contribution in [0.4, 0.5) is 0 Å². The molecule has 3 aromatic heterocycles. The molecule has 3 aromatic rings. The molecule has 2 atom stereocenters. The number of aryl methyl sites for hydroxylation is 1. The zero-order chi connectivity index (χ0) is 15.7. The minimum Gasteiger partial charge on any atom is -0.384 e. The molecule has 0 aromatic carbocycles. The van der Waals surface area contributed by atoms with Crippen LogP contribution in [-0.2, 0) is 12.6 Å². The lowest BCUT2D eigenvalue weighted by Crippen LogP contribution is -2.36. The van der Waals surface area contributed by atoms with Crippen LogP contribution in [0.1, 0.15) is 31.0 Å². The Morgan fingerprint density at radius 1 is 1.45 bits per heavy atom. The number of nitrogens with zero attached hydrogens (tertiary/aromatic N) is 3. The first-order chi connectivity index (χ1) is 10.5. The molecule has 0 saturated carbocycles. The molecule has 22 heavy (non-hydrogen) atoms. The molecule has 2 unspecified atom stereocenters. The molecule has 0 aliphatic rings. The second-order valence-corrected chi connectivity index (χ2v) is 6.80. The van der Waals surface area contributed by atoms with Gasteiger partial charge >= 0.3 is 0 Å². The molecule has 0 aliphatic carbocycles. The van der Waals surface area contributed by atoms with E-state index >= 15 is 0 Å². The highest BCUT2D eigenvalue weighted by Crippen LogP contribution is 2.24. The van der Waals surface area contributed by atoms with Gasteiger partial charge in [0, 0.05) is 37.6 Å². The van der Waals surface area contributed by atoms with E-state index in [2.05, 4.69) is 28.4 Å². The number of thiophene rings is 1. The maximum atomic E-state index is 10.6. The Hall–Kier alpha value is -1.76. The minimum absolute atomic E-state index is 0.113. The van der Waals surface area contributed by atoms with Gasteiger partial charge < -0.3 is 10.4 Å². The van der Waals surface area contributed by atoms with Crippen molar-refractivity contribution in [3.05, 3.63) is 47.2 Å². The fourth-order valence-electron chi connectivity index (χ4n) is 2.37. The molecule has 0 fully saturated rings. The summed E-state index contributed by atoms with van der Waals surface area (Å²) in [5.74, 6) is 0. The van der Waals surface area contributed by atoms with Gasteiger partial charge in [0.15, 0.2) is 0 Å². The number of hydrogen-bond acceptors (Lipinski definition) is 5. The van der Waals surface area contributed by atoms with E-state index in [1.165, 1.54) is 4.70 Å². The van der Waals surface area contributed by atoms with Gasteiger partial charge in [0.1, 0.15) is 5.60 Å². The van der Waals surface area contributed by atoms with Crippen LogP contribution in [0.25, 0.3) is 10.2 Å². The molecule has 0 bridgehead atoms. The summed E-state index contributed by atoms with van der Waals surface area (Å²) in [6.07, 6.45) is 5.43. The van der Waals surface area contributed by atoms with E-state index < -0.39 is 5.60 Å². The summed E-state index contributed by atoms with van der Waals surface area (Å²) < 4.78 is 2.88. The topological polar surface area (TPSA) is 63.0 Å². The Bertz CT molecular complexity index is 777. The summed E-state index contributed by atoms with van der Waals surface area (Å²) in [6, 6.07) is 4.29. The number of nitrogens with one attached hydrogen (secondary N) is 1. The van der Waals surface area contributed by atoms with Crippen LogP contribution in [0, 0.1) is 0 Å². The maximum Gasteiger partial charge on any atom is 0.102 e. The van der Waals surface area contributed by atoms with Crippen molar-refractivity contribution < 1.29 is 5.11 Å². The van der Waals surface area contributed by atoms with Gasteiger partial charge in [-0.1, -0.05) is 0 Å². The zero-order valence-corrected chi connectivity index (χ0v) is 13.8. The Balaban J connectivity index is 1.69. The first-order valence-corrected chi connectivity index (χ1v) is 8.12. The number of aromatic nitrogens is 3. The van der Waals surface area contributed by atoms with E-state index in [1.807, 2.05) is 30.9 Å². The summed E-state index contributed by atoms with van der Waals surface area (Å²) >= 11 is 1.69. The van der Waals surface area contributed by atoms with Crippen molar-refractivity contribution in [3.63, 3.8) is 0 Å². The van der Waals surface area contributed by atoms with Crippen molar-refractivity contribution in [1.29, 1.82) is 0 Å². The summed E-state index contributed by atoms with van der Waals surface area (Å²) in [7, 11) is 1.84. The van der Waals surface area contributed by atoms with Crippen LogP contribution in [-0.4, -0.2) is 26.4 Å². The van der Waals surface area contributed by atoms with E-state index in [0.29, 0.717) is 6.54 Å². The normalized spacial score (nSPS) is 15.8. The van der Waals surface area contributed by atoms with Crippen LogP contribution in [0.15, 0.2) is 36.1 Å². The van der Waals surface area contributed by atoms with Gasteiger partial charge in [0.25, 0.3) is 0 Å². The third-order valence-corrected chi connectivity index (χ3v) is 4.76. The number of pyridine rings is 1.